The van der Waals surface area contributed by atoms with Crippen molar-refractivity contribution in [2.45, 2.75) is 6.92 Å². The summed E-state index contributed by atoms with van der Waals surface area (Å²) >= 11 is 0. The summed E-state index contributed by atoms with van der Waals surface area (Å²) in [5.41, 5.74) is 0.548. The third kappa shape index (κ3) is 1.46. The second-order valence-electron chi connectivity index (χ2n) is 2.38. The van der Waals surface area contributed by atoms with Gasteiger partial charge in [-0.3, -0.25) is 5.01 Å². The molecule has 3 nitrogen and oxygen atoms in total. The van der Waals surface area contributed by atoms with Crippen LogP contribution in [-0.2, 0) is 0 Å². The number of aryl methyl sites for hydroxylation is 1. The highest BCUT2D eigenvalue weighted by Gasteiger charge is 2.07. The molecule has 0 fully saturated rings. The summed E-state index contributed by atoms with van der Waals surface area (Å²) in [6.45, 7) is 1.67. The van der Waals surface area contributed by atoms with Crippen molar-refractivity contribution >= 4 is 5.82 Å². The molecule has 1 aromatic heterocycles. The summed E-state index contributed by atoms with van der Waals surface area (Å²) in [5.74, 6) is 5.12. The van der Waals surface area contributed by atoms with Gasteiger partial charge in [0.1, 0.15) is 0 Å². The van der Waals surface area contributed by atoms with Gasteiger partial charge in [0.25, 0.3) is 0 Å². The molecule has 0 aliphatic rings. The van der Waals surface area contributed by atoms with Gasteiger partial charge in [-0.15, -0.1) is 0 Å². The molecule has 4 heteroatoms. The van der Waals surface area contributed by atoms with E-state index in [1.54, 1.807) is 20.0 Å². The number of hydrogen-bond acceptors (Lipinski definition) is 3. The van der Waals surface area contributed by atoms with Gasteiger partial charge in [-0.2, -0.15) is 0 Å². The third-order valence-corrected chi connectivity index (χ3v) is 1.40. The summed E-state index contributed by atoms with van der Waals surface area (Å²) in [4.78, 5) is 3.76. The monoisotopic (exact) mass is 155 g/mol. The fraction of sp³-hybridized carbons (Fsp3) is 0.286. The molecule has 0 spiro atoms. The van der Waals surface area contributed by atoms with Gasteiger partial charge in [-0.25, -0.2) is 15.2 Å². The molecule has 0 amide bonds. The number of hydrogen-bond donors (Lipinski definition) is 1. The molecule has 1 heterocycles. The normalized spacial score (nSPS) is 9.82. The average molecular weight is 155 g/mol. The van der Waals surface area contributed by atoms with Crippen LogP contribution in [0.15, 0.2) is 12.3 Å². The van der Waals surface area contributed by atoms with Crippen molar-refractivity contribution in [3.63, 3.8) is 0 Å². The van der Waals surface area contributed by atoms with Gasteiger partial charge < -0.3 is 0 Å². The summed E-state index contributed by atoms with van der Waals surface area (Å²) in [6, 6.07) is 1.60. The molecule has 0 unspecified atom stereocenters. The van der Waals surface area contributed by atoms with Gasteiger partial charge >= 0.3 is 0 Å². The van der Waals surface area contributed by atoms with Crippen LogP contribution in [0.3, 0.4) is 0 Å². The summed E-state index contributed by atoms with van der Waals surface area (Å²) < 4.78 is 13.1. The van der Waals surface area contributed by atoms with Gasteiger partial charge in [0.05, 0.1) is 0 Å². The van der Waals surface area contributed by atoms with Crippen LogP contribution in [0.5, 0.6) is 0 Å². The van der Waals surface area contributed by atoms with E-state index in [-0.39, 0.29) is 11.6 Å². The van der Waals surface area contributed by atoms with Crippen molar-refractivity contribution in [3.8, 4) is 0 Å². The Kier molecular flexibility index (Phi) is 2.05. The lowest BCUT2D eigenvalue weighted by Crippen LogP contribution is -2.27. The second-order valence-corrected chi connectivity index (χ2v) is 2.38. The van der Waals surface area contributed by atoms with Crippen LogP contribution in [0, 0.1) is 12.7 Å². The maximum atomic E-state index is 13.1. The van der Waals surface area contributed by atoms with Crippen LogP contribution >= 0.6 is 0 Å². The first-order valence-electron chi connectivity index (χ1n) is 3.22. The first-order valence-corrected chi connectivity index (χ1v) is 3.22. The molecule has 2 N–H and O–H groups in total. The van der Waals surface area contributed by atoms with E-state index in [4.69, 9.17) is 5.84 Å². The molecule has 0 aliphatic carbocycles. The third-order valence-electron chi connectivity index (χ3n) is 1.40. The lowest BCUT2D eigenvalue weighted by Gasteiger charge is -2.11. The molecule has 0 atom stereocenters. The number of nitrogens with zero attached hydrogens (tertiary/aromatic N) is 2. The maximum absolute atomic E-state index is 13.1. The molecular weight excluding hydrogens is 145 g/mol. The minimum absolute atomic E-state index is 0.171. The maximum Gasteiger partial charge on any atom is 0.179 e. The molecular formula is C7H10FN3. The Morgan fingerprint density at radius 1 is 1.64 bits per heavy atom. The first-order chi connectivity index (χ1) is 5.13. The Morgan fingerprint density at radius 3 is 2.73 bits per heavy atom. The van der Waals surface area contributed by atoms with Gasteiger partial charge in [-0.1, -0.05) is 0 Å². The number of nitrogens with two attached hydrogens (primary N) is 1. The van der Waals surface area contributed by atoms with E-state index in [9.17, 15) is 4.39 Å². The predicted octanol–water partition coefficient (Wildman–Crippen LogP) is 0.839. The molecule has 60 valence electrons. The molecule has 11 heavy (non-hydrogen) atoms. The zero-order valence-corrected chi connectivity index (χ0v) is 6.50. The zero-order valence-electron chi connectivity index (χ0n) is 6.50. The number of anilines is 1. The van der Waals surface area contributed by atoms with Crippen LogP contribution in [0.25, 0.3) is 0 Å². The Morgan fingerprint density at radius 2 is 2.27 bits per heavy atom. The minimum Gasteiger partial charge on any atom is -0.296 e. The lowest BCUT2D eigenvalue weighted by molar-refractivity contribution is 0.607. The predicted molar refractivity (Wildman–Crippen MR) is 41.5 cm³/mol. The Hall–Kier alpha value is -1.16. The van der Waals surface area contributed by atoms with Crippen molar-refractivity contribution in [1.82, 2.24) is 4.98 Å². The van der Waals surface area contributed by atoms with E-state index in [1.165, 1.54) is 6.20 Å². The van der Waals surface area contributed by atoms with Crippen LogP contribution in [-0.4, -0.2) is 12.0 Å². The Bertz CT molecular complexity index is 260. The molecule has 0 saturated carbocycles. The van der Waals surface area contributed by atoms with Crippen LogP contribution < -0.4 is 10.9 Å². The Labute approximate surface area is 64.6 Å². The number of halogens is 1. The van der Waals surface area contributed by atoms with Crippen molar-refractivity contribution in [3.05, 3.63) is 23.6 Å². The van der Waals surface area contributed by atoms with Crippen molar-refractivity contribution in [2.24, 2.45) is 5.84 Å². The van der Waals surface area contributed by atoms with E-state index in [2.05, 4.69) is 4.98 Å². The fourth-order valence-corrected chi connectivity index (χ4v) is 0.772. The van der Waals surface area contributed by atoms with Gasteiger partial charge in [0.2, 0.25) is 0 Å². The summed E-state index contributed by atoms with van der Waals surface area (Å²) in [7, 11) is 1.55. The standard InChI is InChI=1S/C7H10FN3/c1-5-3-4-10-7(6(5)8)11(2)9/h3-4H,9H2,1-2H3. The van der Waals surface area contributed by atoms with Crippen molar-refractivity contribution in [1.29, 1.82) is 0 Å². The fourth-order valence-electron chi connectivity index (χ4n) is 0.772. The Balaban J connectivity index is 3.17. The highest BCUT2D eigenvalue weighted by molar-refractivity contribution is 5.39. The number of aromatic nitrogens is 1. The van der Waals surface area contributed by atoms with E-state index >= 15 is 0 Å². The highest BCUT2D eigenvalue weighted by atomic mass is 19.1. The first kappa shape index (κ1) is 7.94. The van der Waals surface area contributed by atoms with E-state index in [0.717, 1.165) is 5.01 Å². The summed E-state index contributed by atoms with van der Waals surface area (Å²) in [5, 5.41) is 1.16. The number of rotatable bonds is 1. The van der Waals surface area contributed by atoms with Crippen LogP contribution in [0.4, 0.5) is 10.2 Å². The molecule has 0 radical (unpaired) electrons. The zero-order chi connectivity index (χ0) is 8.43. The van der Waals surface area contributed by atoms with Crippen molar-refractivity contribution < 1.29 is 4.39 Å². The van der Waals surface area contributed by atoms with E-state index in [0.29, 0.717) is 5.56 Å². The number of hydrazine groups is 1. The largest absolute Gasteiger partial charge is 0.296 e. The molecule has 0 aromatic carbocycles. The molecule has 0 aliphatic heterocycles. The molecule has 0 bridgehead atoms. The van der Waals surface area contributed by atoms with E-state index in [1.807, 2.05) is 0 Å². The van der Waals surface area contributed by atoms with Gasteiger partial charge in [0.15, 0.2) is 11.6 Å². The average Bonchev–Trinajstić information content (AvgIpc) is 1.94. The summed E-state index contributed by atoms with van der Waals surface area (Å²) in [6.07, 6.45) is 1.52. The van der Waals surface area contributed by atoms with Crippen LogP contribution in [0.2, 0.25) is 0 Å². The van der Waals surface area contributed by atoms with Gasteiger partial charge in [0, 0.05) is 13.2 Å². The smallest absolute Gasteiger partial charge is 0.179 e. The molecule has 0 saturated heterocycles. The molecule has 1 rings (SSSR count). The van der Waals surface area contributed by atoms with E-state index < -0.39 is 0 Å². The topological polar surface area (TPSA) is 42.2 Å². The molecule has 1 aromatic rings. The number of pyridine rings is 1. The van der Waals surface area contributed by atoms with Crippen molar-refractivity contribution in [2.75, 3.05) is 12.1 Å². The second kappa shape index (κ2) is 2.84. The van der Waals surface area contributed by atoms with Gasteiger partial charge in [-0.05, 0) is 18.6 Å². The SMILES string of the molecule is Cc1ccnc(N(C)N)c1F. The highest BCUT2D eigenvalue weighted by Crippen LogP contribution is 2.14. The lowest BCUT2D eigenvalue weighted by atomic mass is 10.3. The minimum atomic E-state index is -0.363. The van der Waals surface area contributed by atoms with Crippen LogP contribution in [0.1, 0.15) is 5.56 Å². The quantitative estimate of drug-likeness (QED) is 0.482.